The summed E-state index contributed by atoms with van der Waals surface area (Å²) in [5, 5.41) is 7.29. The highest BCUT2D eigenvalue weighted by atomic mass is 16.5. The number of rotatable bonds is 6. The standard InChI is InChI=1S/C21H27N3O3/c1-14-10-15(2)12-18(11-14)27-16(3)21(26)22-8-9-24-20(25)13-17-6-4-5-7-19(17)23-24/h10-13,16H,4-9H2,1-3H3,(H,22,26). The molecular formula is C21H27N3O3. The Balaban J connectivity index is 1.54. The zero-order valence-electron chi connectivity index (χ0n) is 16.2. The summed E-state index contributed by atoms with van der Waals surface area (Å²) in [6, 6.07) is 7.57. The summed E-state index contributed by atoms with van der Waals surface area (Å²) in [6.07, 6.45) is 3.47. The van der Waals surface area contributed by atoms with E-state index in [1.165, 1.54) is 4.68 Å². The Morgan fingerprint density at radius 2 is 1.89 bits per heavy atom. The highest BCUT2D eigenvalue weighted by Gasteiger charge is 2.16. The van der Waals surface area contributed by atoms with E-state index in [0.29, 0.717) is 18.8 Å². The number of fused-ring (bicyclic) bond motifs is 1. The molecule has 144 valence electrons. The molecule has 27 heavy (non-hydrogen) atoms. The van der Waals surface area contributed by atoms with Gasteiger partial charge in [-0.3, -0.25) is 9.59 Å². The number of nitrogens with zero attached hydrogens (tertiary/aromatic N) is 2. The van der Waals surface area contributed by atoms with Gasteiger partial charge in [0.2, 0.25) is 0 Å². The van der Waals surface area contributed by atoms with E-state index in [1.54, 1.807) is 13.0 Å². The lowest BCUT2D eigenvalue weighted by Gasteiger charge is -2.17. The van der Waals surface area contributed by atoms with Crippen molar-refractivity contribution >= 4 is 5.91 Å². The highest BCUT2D eigenvalue weighted by Crippen LogP contribution is 2.18. The number of nitrogens with one attached hydrogen (secondary N) is 1. The molecule has 0 saturated heterocycles. The normalized spacial score (nSPS) is 14.3. The summed E-state index contributed by atoms with van der Waals surface area (Å²) in [7, 11) is 0. The second kappa shape index (κ2) is 8.37. The summed E-state index contributed by atoms with van der Waals surface area (Å²) in [4.78, 5) is 24.4. The lowest BCUT2D eigenvalue weighted by molar-refractivity contribution is -0.127. The molecule has 1 amide bonds. The third-order valence-corrected chi connectivity index (χ3v) is 4.77. The van der Waals surface area contributed by atoms with Crippen molar-refractivity contribution in [2.75, 3.05) is 6.54 Å². The molecule has 1 aromatic carbocycles. The van der Waals surface area contributed by atoms with Gasteiger partial charge in [0.15, 0.2) is 6.10 Å². The first kappa shape index (κ1) is 19.1. The van der Waals surface area contributed by atoms with Gasteiger partial charge < -0.3 is 10.1 Å². The largest absolute Gasteiger partial charge is 0.481 e. The van der Waals surface area contributed by atoms with Crippen LogP contribution < -0.4 is 15.6 Å². The van der Waals surface area contributed by atoms with E-state index in [1.807, 2.05) is 26.0 Å². The van der Waals surface area contributed by atoms with E-state index in [4.69, 9.17) is 4.74 Å². The van der Waals surface area contributed by atoms with Crippen molar-refractivity contribution in [2.45, 2.75) is 59.1 Å². The van der Waals surface area contributed by atoms with Crippen LogP contribution >= 0.6 is 0 Å². The molecule has 6 nitrogen and oxygen atoms in total. The van der Waals surface area contributed by atoms with Crippen LogP contribution in [0.1, 0.15) is 42.1 Å². The second-order valence-electron chi connectivity index (χ2n) is 7.26. The second-order valence-corrected chi connectivity index (χ2v) is 7.26. The highest BCUT2D eigenvalue weighted by molar-refractivity contribution is 5.80. The molecule has 0 radical (unpaired) electrons. The number of amides is 1. The average Bonchev–Trinajstić information content (AvgIpc) is 2.61. The molecule has 1 unspecified atom stereocenters. The number of benzene rings is 1. The molecule has 6 heteroatoms. The Bertz CT molecular complexity index is 868. The van der Waals surface area contributed by atoms with Crippen molar-refractivity contribution < 1.29 is 9.53 Å². The molecule has 1 heterocycles. The Kier molecular flexibility index (Phi) is 5.94. The fraction of sp³-hybridized carbons (Fsp3) is 0.476. The Labute approximate surface area is 159 Å². The predicted molar refractivity (Wildman–Crippen MR) is 104 cm³/mol. The van der Waals surface area contributed by atoms with Gasteiger partial charge in [0.1, 0.15) is 5.75 Å². The summed E-state index contributed by atoms with van der Waals surface area (Å²) < 4.78 is 7.19. The topological polar surface area (TPSA) is 73.2 Å². The number of aromatic nitrogens is 2. The molecular weight excluding hydrogens is 342 g/mol. The quantitative estimate of drug-likeness (QED) is 0.848. The summed E-state index contributed by atoms with van der Waals surface area (Å²) >= 11 is 0. The molecule has 1 N–H and O–H groups in total. The molecule has 0 spiro atoms. The van der Waals surface area contributed by atoms with Gasteiger partial charge in [0.05, 0.1) is 12.2 Å². The fourth-order valence-electron chi connectivity index (χ4n) is 3.45. The van der Waals surface area contributed by atoms with Crippen molar-refractivity contribution in [1.82, 2.24) is 15.1 Å². The van der Waals surface area contributed by atoms with Gasteiger partial charge in [0.25, 0.3) is 11.5 Å². The van der Waals surface area contributed by atoms with Crippen molar-refractivity contribution in [1.29, 1.82) is 0 Å². The maximum absolute atomic E-state index is 12.3. The van der Waals surface area contributed by atoms with Crippen LogP contribution in [0.4, 0.5) is 0 Å². The van der Waals surface area contributed by atoms with Gasteiger partial charge in [-0.2, -0.15) is 5.10 Å². The first-order chi connectivity index (χ1) is 12.9. The van der Waals surface area contributed by atoms with Crippen LogP contribution in [-0.2, 0) is 24.2 Å². The number of carbonyl (C=O) groups is 1. The van der Waals surface area contributed by atoms with E-state index in [0.717, 1.165) is 48.1 Å². The molecule has 3 rings (SSSR count). The molecule has 0 fully saturated rings. The molecule has 1 aliphatic carbocycles. The van der Waals surface area contributed by atoms with Gasteiger partial charge in [0, 0.05) is 12.6 Å². The van der Waals surface area contributed by atoms with E-state index < -0.39 is 6.10 Å². The van der Waals surface area contributed by atoms with Gasteiger partial charge >= 0.3 is 0 Å². The number of ether oxygens (including phenoxy) is 1. The minimum atomic E-state index is -0.612. The van der Waals surface area contributed by atoms with E-state index in [9.17, 15) is 9.59 Å². The Morgan fingerprint density at radius 1 is 1.19 bits per heavy atom. The predicted octanol–water partition coefficient (Wildman–Crippen LogP) is 2.32. The van der Waals surface area contributed by atoms with Crippen molar-refractivity contribution in [2.24, 2.45) is 0 Å². The third-order valence-electron chi connectivity index (χ3n) is 4.77. The van der Waals surface area contributed by atoms with Gasteiger partial charge in [-0.15, -0.1) is 0 Å². The van der Waals surface area contributed by atoms with Crippen molar-refractivity contribution in [3.8, 4) is 5.75 Å². The third kappa shape index (κ3) is 4.96. The Hall–Kier alpha value is -2.63. The van der Waals surface area contributed by atoms with Gasteiger partial charge in [-0.25, -0.2) is 4.68 Å². The van der Waals surface area contributed by atoms with Gasteiger partial charge in [-0.1, -0.05) is 6.07 Å². The van der Waals surface area contributed by atoms with E-state index in [2.05, 4.69) is 16.5 Å². The summed E-state index contributed by atoms with van der Waals surface area (Å²) in [5.74, 6) is 0.475. The summed E-state index contributed by atoms with van der Waals surface area (Å²) in [6.45, 7) is 6.40. The van der Waals surface area contributed by atoms with Crippen LogP contribution in [0.3, 0.4) is 0 Å². The monoisotopic (exact) mass is 369 g/mol. The maximum Gasteiger partial charge on any atom is 0.267 e. The maximum atomic E-state index is 12.3. The zero-order chi connectivity index (χ0) is 19.4. The SMILES string of the molecule is Cc1cc(C)cc(OC(C)C(=O)NCCn2nc3c(cc2=O)CCCC3)c1. The Morgan fingerprint density at radius 3 is 2.63 bits per heavy atom. The van der Waals surface area contributed by atoms with E-state index >= 15 is 0 Å². The van der Waals surface area contributed by atoms with Crippen LogP contribution in [0.25, 0.3) is 0 Å². The van der Waals surface area contributed by atoms with Crippen molar-refractivity contribution in [3.05, 3.63) is 57.0 Å². The molecule has 0 aliphatic heterocycles. The molecule has 0 bridgehead atoms. The number of carbonyl (C=O) groups excluding carboxylic acids is 1. The fourth-order valence-corrected chi connectivity index (χ4v) is 3.45. The van der Waals surface area contributed by atoms with Crippen LogP contribution in [0.5, 0.6) is 5.75 Å². The van der Waals surface area contributed by atoms with Crippen molar-refractivity contribution in [3.63, 3.8) is 0 Å². The average molecular weight is 369 g/mol. The smallest absolute Gasteiger partial charge is 0.267 e. The van der Waals surface area contributed by atoms with Crippen LogP contribution in [0, 0.1) is 13.8 Å². The molecule has 1 aromatic heterocycles. The lowest BCUT2D eigenvalue weighted by atomic mass is 9.97. The number of hydrogen-bond acceptors (Lipinski definition) is 4. The van der Waals surface area contributed by atoms with E-state index in [-0.39, 0.29) is 11.5 Å². The number of aryl methyl sites for hydroxylation is 4. The zero-order valence-corrected chi connectivity index (χ0v) is 16.2. The van der Waals surface area contributed by atoms with Gasteiger partial charge in [-0.05, 0) is 75.3 Å². The molecule has 1 atom stereocenters. The van der Waals surface area contributed by atoms with Crippen LogP contribution in [-0.4, -0.2) is 28.3 Å². The first-order valence-corrected chi connectivity index (χ1v) is 9.55. The number of hydrogen-bond donors (Lipinski definition) is 1. The van der Waals surface area contributed by atoms with Crippen LogP contribution in [0.2, 0.25) is 0 Å². The first-order valence-electron chi connectivity index (χ1n) is 9.55. The molecule has 1 aliphatic rings. The molecule has 0 saturated carbocycles. The molecule has 2 aromatic rings. The minimum Gasteiger partial charge on any atom is -0.481 e. The summed E-state index contributed by atoms with van der Waals surface area (Å²) in [5.41, 5.74) is 4.16. The van der Waals surface area contributed by atoms with Crippen LogP contribution in [0.15, 0.2) is 29.1 Å². The lowest BCUT2D eigenvalue weighted by Crippen LogP contribution is -2.39. The minimum absolute atomic E-state index is 0.107.